The third-order valence-corrected chi connectivity index (χ3v) is 2.02. The smallest absolute Gasteiger partial charge is 0.00736 e. The molecule has 0 aromatic heterocycles. The molecule has 0 saturated heterocycles. The van der Waals surface area contributed by atoms with Crippen molar-refractivity contribution in [3.63, 3.8) is 0 Å². The highest BCUT2D eigenvalue weighted by Gasteiger charge is 1.71. The Labute approximate surface area is 257 Å². The van der Waals surface area contributed by atoms with Crippen LogP contribution in [0.2, 0.25) is 0 Å². The summed E-state index contributed by atoms with van der Waals surface area (Å²) in [6.45, 7) is 31.0. The van der Waals surface area contributed by atoms with E-state index < -0.39 is 0 Å². The molecular weight excluding hydrogens is 500 g/mol. The van der Waals surface area contributed by atoms with E-state index in [1.807, 2.05) is 97.4 Å². The maximum Gasteiger partial charge on any atom is 0.00736 e. The maximum atomic E-state index is 5.11. The van der Waals surface area contributed by atoms with E-state index in [1.54, 1.807) is 0 Å². The van der Waals surface area contributed by atoms with E-state index in [2.05, 4.69) is 47.8 Å². The van der Waals surface area contributed by atoms with Gasteiger partial charge in [0.1, 0.15) is 0 Å². The molecule has 0 radical (unpaired) electrons. The molecule has 0 unspecified atom stereocenters. The lowest BCUT2D eigenvalue weighted by Crippen LogP contribution is -2.21. The zero-order valence-electron chi connectivity index (χ0n) is 31.4. The van der Waals surface area contributed by atoms with Crippen LogP contribution in [0.3, 0.4) is 0 Å². The summed E-state index contributed by atoms with van der Waals surface area (Å²) in [5.74, 6) is 0. The maximum absolute atomic E-state index is 5.11. The third kappa shape index (κ3) is 872. The first-order valence-corrected chi connectivity index (χ1v) is 15.5. The van der Waals surface area contributed by atoms with Crippen molar-refractivity contribution in [3.8, 4) is 0 Å². The van der Waals surface area contributed by atoms with Gasteiger partial charge in [0, 0.05) is 26.2 Å². The molecule has 0 heterocycles. The standard InChI is InChI=1S/C4H12N2.C4H11N.C4H10.C3H10N2.4C3H9N.C2H6.CH5N/c1-5-3-4-6-2;1-3-4-5-2;1-3-4-2;1-5-3-2-4;4*1-3(2)4;2*1-2/h5-6H,3-4H2,1-2H3;5H,3-4H2,1-2H3;3-4H2,1-2H3;5H,2-4H2,1H3;4*3H,4H2,1-2H3;1-2H3;2H2,1H3. The van der Waals surface area contributed by atoms with Gasteiger partial charge in [0.15, 0.2) is 0 Å². The van der Waals surface area contributed by atoms with Crippen LogP contribution in [0, 0.1) is 0 Å². The summed E-state index contributed by atoms with van der Waals surface area (Å²) < 4.78 is 0. The highest BCUT2D eigenvalue weighted by molar-refractivity contribution is 4.39. The SMILES string of the molecule is CC.CC(C)N.CC(C)N.CC(C)N.CC(C)N.CCCC.CCCNC.CN.CNCCN.CNCCNC. The summed E-state index contributed by atoms with van der Waals surface area (Å²) in [6.07, 6.45) is 3.87. The highest BCUT2D eigenvalue weighted by atomic mass is 14.9. The number of nitrogens with two attached hydrogens (primary N) is 6. The molecule has 0 aliphatic rings. The lowest BCUT2D eigenvalue weighted by Gasteiger charge is -1.92. The van der Waals surface area contributed by atoms with Crippen LogP contribution in [0.25, 0.3) is 0 Å². The van der Waals surface area contributed by atoms with Gasteiger partial charge in [-0.15, -0.1) is 0 Å². The lowest BCUT2D eigenvalue weighted by atomic mass is 10.4. The zero-order valence-corrected chi connectivity index (χ0v) is 31.4. The van der Waals surface area contributed by atoms with Gasteiger partial charge in [-0.2, -0.15) is 0 Å². The molecule has 0 aromatic rings. The van der Waals surface area contributed by atoms with Crippen LogP contribution in [-0.4, -0.2) is 92.1 Å². The van der Waals surface area contributed by atoms with Crippen molar-refractivity contribution in [3.05, 3.63) is 0 Å². The first-order chi connectivity index (χ1) is 18.6. The van der Waals surface area contributed by atoms with Gasteiger partial charge >= 0.3 is 0 Å². The zero-order chi connectivity index (χ0) is 34.8. The summed E-state index contributed by atoms with van der Waals surface area (Å²) in [7, 11) is 9.23. The van der Waals surface area contributed by atoms with Crippen LogP contribution >= 0.6 is 0 Å². The fourth-order valence-corrected chi connectivity index (χ4v) is 0.644. The predicted octanol–water partition coefficient (Wildman–Crippen LogP) is 3.03. The average Bonchev–Trinajstić information content (AvgIpc) is 2.86. The monoisotopic (exact) mass is 591 g/mol. The van der Waals surface area contributed by atoms with Gasteiger partial charge in [-0.05, 0) is 72.4 Å². The molecule has 0 aliphatic carbocycles. The van der Waals surface area contributed by atoms with Gasteiger partial charge in [-0.25, -0.2) is 0 Å². The van der Waals surface area contributed by atoms with Crippen molar-refractivity contribution in [2.45, 2.75) is 133 Å². The number of hydrogen-bond acceptors (Lipinski definition) is 10. The topological polar surface area (TPSA) is 204 Å². The van der Waals surface area contributed by atoms with Crippen LogP contribution in [-0.2, 0) is 0 Å². The van der Waals surface area contributed by atoms with Gasteiger partial charge in [-0.1, -0.05) is 103 Å². The third-order valence-electron chi connectivity index (χ3n) is 2.02. The molecule has 0 saturated carbocycles. The predicted molar refractivity (Wildman–Crippen MR) is 194 cm³/mol. The van der Waals surface area contributed by atoms with E-state index in [1.165, 1.54) is 26.3 Å². The van der Waals surface area contributed by atoms with Crippen molar-refractivity contribution in [1.82, 2.24) is 21.3 Å². The molecule has 10 nitrogen and oxygen atoms in total. The average molecular weight is 591 g/mol. The van der Waals surface area contributed by atoms with Gasteiger partial charge in [-0.3, -0.25) is 0 Å². The van der Waals surface area contributed by atoms with E-state index >= 15 is 0 Å². The van der Waals surface area contributed by atoms with Crippen molar-refractivity contribution < 1.29 is 0 Å². The number of hydrogen-bond donors (Lipinski definition) is 10. The molecular formula is C30H90N10. The quantitative estimate of drug-likeness (QED) is 0.187. The fourth-order valence-electron chi connectivity index (χ4n) is 0.644. The Morgan fingerprint density at radius 1 is 0.425 bits per heavy atom. The minimum absolute atomic E-state index is 0.333. The second-order valence-electron chi connectivity index (χ2n) is 9.18. The number of nitrogens with one attached hydrogen (secondary N) is 4. The second-order valence-corrected chi connectivity index (χ2v) is 9.18. The lowest BCUT2D eigenvalue weighted by molar-refractivity contribution is 0.718. The first kappa shape index (κ1) is 67.3. The summed E-state index contributed by atoms with van der Waals surface area (Å²) in [5.41, 5.74) is 30.0. The van der Waals surface area contributed by atoms with Crippen molar-refractivity contribution >= 4 is 0 Å². The normalized spacial score (nSPS) is 8.10. The summed E-state index contributed by atoms with van der Waals surface area (Å²) in [4.78, 5) is 0. The van der Waals surface area contributed by atoms with Gasteiger partial charge < -0.3 is 55.7 Å². The van der Waals surface area contributed by atoms with Gasteiger partial charge in [0.25, 0.3) is 0 Å². The number of rotatable bonds is 8. The van der Waals surface area contributed by atoms with Gasteiger partial charge in [0.05, 0.1) is 0 Å². The Morgan fingerprint density at radius 2 is 0.600 bits per heavy atom. The Hall–Kier alpha value is -0.400. The van der Waals surface area contributed by atoms with E-state index in [4.69, 9.17) is 28.7 Å². The Morgan fingerprint density at radius 3 is 0.625 bits per heavy atom. The fraction of sp³-hybridized carbons (Fsp3) is 1.00. The highest BCUT2D eigenvalue weighted by Crippen LogP contribution is 1.76. The van der Waals surface area contributed by atoms with Crippen LogP contribution < -0.4 is 55.7 Å². The minimum Gasteiger partial charge on any atom is -0.333 e. The molecule has 16 N–H and O–H groups in total. The van der Waals surface area contributed by atoms with Crippen LogP contribution in [0.4, 0.5) is 0 Å². The summed E-state index contributed by atoms with van der Waals surface area (Å²) >= 11 is 0. The Balaban J connectivity index is -0.0000000317. The van der Waals surface area contributed by atoms with Crippen LogP contribution in [0.5, 0.6) is 0 Å². The molecule has 0 rings (SSSR count). The first-order valence-electron chi connectivity index (χ1n) is 15.5. The molecule has 40 heavy (non-hydrogen) atoms. The summed E-state index contributed by atoms with van der Waals surface area (Å²) in [5, 5.41) is 11.9. The van der Waals surface area contributed by atoms with E-state index in [9.17, 15) is 0 Å². The van der Waals surface area contributed by atoms with Crippen molar-refractivity contribution in [1.29, 1.82) is 0 Å². The molecule has 0 spiro atoms. The van der Waals surface area contributed by atoms with E-state index in [0.717, 1.165) is 32.7 Å². The molecule has 0 bridgehead atoms. The van der Waals surface area contributed by atoms with Crippen LogP contribution in [0.1, 0.15) is 109 Å². The number of likely N-dealkylation sites (N-methyl/N-ethyl adjacent to an activating group) is 3. The van der Waals surface area contributed by atoms with Gasteiger partial charge in [0.2, 0.25) is 0 Å². The van der Waals surface area contributed by atoms with Crippen LogP contribution in [0.15, 0.2) is 0 Å². The van der Waals surface area contributed by atoms with Crippen molar-refractivity contribution in [2.24, 2.45) is 34.4 Å². The molecule has 0 amide bonds. The number of unbranched alkanes of at least 4 members (excludes halogenated alkanes) is 1. The molecule has 0 atom stereocenters. The van der Waals surface area contributed by atoms with E-state index in [0.29, 0.717) is 24.2 Å². The van der Waals surface area contributed by atoms with Crippen molar-refractivity contribution in [2.75, 3.05) is 68.0 Å². The molecule has 0 aliphatic heterocycles. The largest absolute Gasteiger partial charge is 0.333 e. The Bertz CT molecular complexity index is 194. The minimum atomic E-state index is 0.333. The molecule has 260 valence electrons. The Kier molecular flexibility index (Phi) is 165. The molecule has 0 fully saturated rings. The molecule has 10 heteroatoms. The molecule has 0 aromatic carbocycles. The summed E-state index contributed by atoms with van der Waals surface area (Å²) in [6, 6.07) is 1.33. The van der Waals surface area contributed by atoms with E-state index in [-0.39, 0.29) is 0 Å². The second kappa shape index (κ2) is 98.0.